The average Bonchev–Trinajstić information content (AvgIpc) is 3.11. The van der Waals surface area contributed by atoms with Crippen LogP contribution in [0, 0.1) is 22.0 Å². The fraction of sp³-hybridized carbons (Fsp3) is 0.692. The van der Waals surface area contributed by atoms with Crippen molar-refractivity contribution in [3.8, 4) is 0 Å². The van der Waals surface area contributed by atoms with Gasteiger partial charge in [0.05, 0.1) is 4.92 Å². The predicted molar refractivity (Wildman–Crippen MR) is 78.0 cm³/mol. The van der Waals surface area contributed by atoms with Gasteiger partial charge in [-0.15, -0.1) is 0 Å². The second-order valence-electron chi connectivity index (χ2n) is 5.44. The van der Waals surface area contributed by atoms with Crippen LogP contribution in [0.5, 0.6) is 0 Å². The van der Waals surface area contributed by atoms with Crippen molar-refractivity contribution in [3.63, 3.8) is 0 Å². The summed E-state index contributed by atoms with van der Waals surface area (Å²) in [4.78, 5) is 20.8. The van der Waals surface area contributed by atoms with Gasteiger partial charge in [0, 0.05) is 20.1 Å². The summed E-state index contributed by atoms with van der Waals surface area (Å²) in [6.45, 7) is 5.79. The predicted octanol–water partition coefficient (Wildman–Crippen LogP) is 2.30. The zero-order valence-electron chi connectivity index (χ0n) is 12.2. The standard InChI is InChI=1S/C13H21N5O2/c1-4-5-14-13-15-7-11(18(19)20)12(16-13)17(3)8-10-6-9(10)2/h7,9-10H,4-6,8H2,1-3H3,(H,14,15,16). The summed E-state index contributed by atoms with van der Waals surface area (Å²) in [6.07, 6.45) is 3.42. The molecule has 1 N–H and O–H groups in total. The molecular formula is C13H21N5O2. The molecule has 1 aliphatic carbocycles. The van der Waals surface area contributed by atoms with Crippen LogP contribution in [0.1, 0.15) is 26.7 Å². The summed E-state index contributed by atoms with van der Waals surface area (Å²) >= 11 is 0. The van der Waals surface area contributed by atoms with Crippen molar-refractivity contribution in [3.05, 3.63) is 16.3 Å². The summed E-state index contributed by atoms with van der Waals surface area (Å²) in [5.41, 5.74) is -0.0390. The summed E-state index contributed by atoms with van der Waals surface area (Å²) < 4.78 is 0. The number of hydrogen-bond acceptors (Lipinski definition) is 6. The highest BCUT2D eigenvalue weighted by molar-refractivity contribution is 5.58. The molecule has 0 amide bonds. The number of nitrogens with one attached hydrogen (secondary N) is 1. The lowest BCUT2D eigenvalue weighted by Crippen LogP contribution is -2.23. The van der Waals surface area contributed by atoms with Gasteiger partial charge >= 0.3 is 5.69 Å². The van der Waals surface area contributed by atoms with Crippen LogP contribution in [0.15, 0.2) is 6.20 Å². The van der Waals surface area contributed by atoms with E-state index in [1.807, 2.05) is 18.9 Å². The molecule has 1 aromatic heterocycles. The molecule has 0 spiro atoms. The maximum atomic E-state index is 11.1. The van der Waals surface area contributed by atoms with E-state index in [4.69, 9.17) is 0 Å². The minimum Gasteiger partial charge on any atom is -0.354 e. The lowest BCUT2D eigenvalue weighted by molar-refractivity contribution is -0.384. The Morgan fingerprint density at radius 1 is 1.60 bits per heavy atom. The molecule has 0 aliphatic heterocycles. The van der Waals surface area contributed by atoms with Crippen molar-refractivity contribution in [1.82, 2.24) is 9.97 Å². The van der Waals surface area contributed by atoms with Crippen LogP contribution in [0.2, 0.25) is 0 Å². The lowest BCUT2D eigenvalue weighted by atomic mass is 10.3. The molecule has 0 aromatic carbocycles. The van der Waals surface area contributed by atoms with Crippen molar-refractivity contribution in [1.29, 1.82) is 0 Å². The first-order chi connectivity index (χ1) is 9.52. The Balaban J connectivity index is 2.19. The van der Waals surface area contributed by atoms with Crippen LogP contribution < -0.4 is 10.2 Å². The summed E-state index contributed by atoms with van der Waals surface area (Å²) in [6, 6.07) is 0. The summed E-state index contributed by atoms with van der Waals surface area (Å²) in [5.74, 6) is 2.16. The Kier molecular flexibility index (Phi) is 4.36. The number of hydrogen-bond donors (Lipinski definition) is 1. The fourth-order valence-electron chi connectivity index (χ4n) is 2.19. The second kappa shape index (κ2) is 6.02. The van der Waals surface area contributed by atoms with Gasteiger partial charge in [0.2, 0.25) is 11.8 Å². The molecule has 0 bridgehead atoms. The van der Waals surface area contributed by atoms with E-state index < -0.39 is 4.92 Å². The van der Waals surface area contributed by atoms with E-state index in [0.717, 1.165) is 19.5 Å². The van der Waals surface area contributed by atoms with Gasteiger partial charge in [-0.1, -0.05) is 13.8 Å². The second-order valence-corrected chi connectivity index (χ2v) is 5.44. The van der Waals surface area contributed by atoms with E-state index in [0.29, 0.717) is 23.6 Å². The normalized spacial score (nSPS) is 20.6. The lowest BCUT2D eigenvalue weighted by Gasteiger charge is -2.18. The molecule has 20 heavy (non-hydrogen) atoms. The molecule has 7 nitrogen and oxygen atoms in total. The minimum absolute atomic E-state index is 0.0390. The maximum Gasteiger partial charge on any atom is 0.329 e. The van der Waals surface area contributed by atoms with Gasteiger partial charge in [0.15, 0.2) is 0 Å². The molecule has 0 radical (unpaired) electrons. The molecule has 0 saturated heterocycles. The third kappa shape index (κ3) is 3.34. The SMILES string of the molecule is CCCNc1ncc([N+](=O)[O-])c(N(C)CC2CC2C)n1. The molecular weight excluding hydrogens is 258 g/mol. The van der Waals surface area contributed by atoms with E-state index in [1.54, 1.807) is 0 Å². The van der Waals surface area contributed by atoms with E-state index in [-0.39, 0.29) is 5.69 Å². The molecule has 2 atom stereocenters. The highest BCUT2D eigenvalue weighted by atomic mass is 16.6. The molecule has 1 heterocycles. The van der Waals surface area contributed by atoms with E-state index in [9.17, 15) is 10.1 Å². The Morgan fingerprint density at radius 3 is 2.85 bits per heavy atom. The Morgan fingerprint density at radius 2 is 2.30 bits per heavy atom. The van der Waals surface area contributed by atoms with Crippen LogP contribution >= 0.6 is 0 Å². The quantitative estimate of drug-likeness (QED) is 0.609. The highest BCUT2D eigenvalue weighted by Gasteiger charge is 2.34. The zero-order chi connectivity index (χ0) is 14.7. The van der Waals surface area contributed by atoms with Gasteiger partial charge in [0.25, 0.3) is 0 Å². The van der Waals surface area contributed by atoms with E-state index in [1.165, 1.54) is 12.6 Å². The molecule has 1 fully saturated rings. The smallest absolute Gasteiger partial charge is 0.329 e. The highest BCUT2D eigenvalue weighted by Crippen LogP contribution is 2.39. The van der Waals surface area contributed by atoms with Gasteiger partial charge in [0.1, 0.15) is 6.20 Å². The molecule has 1 aromatic rings. The fourth-order valence-corrected chi connectivity index (χ4v) is 2.19. The van der Waals surface area contributed by atoms with Gasteiger partial charge < -0.3 is 10.2 Å². The van der Waals surface area contributed by atoms with Gasteiger partial charge in [-0.05, 0) is 24.7 Å². The number of rotatable bonds is 7. The van der Waals surface area contributed by atoms with E-state index in [2.05, 4.69) is 22.2 Å². The van der Waals surface area contributed by atoms with Crippen LogP contribution in [0.4, 0.5) is 17.5 Å². The first kappa shape index (κ1) is 14.5. The van der Waals surface area contributed by atoms with Crippen LogP contribution in [0.3, 0.4) is 0 Å². The molecule has 1 saturated carbocycles. The topological polar surface area (TPSA) is 84.2 Å². The van der Waals surface area contributed by atoms with Crippen molar-refractivity contribution in [2.45, 2.75) is 26.7 Å². The van der Waals surface area contributed by atoms with Crippen molar-refractivity contribution >= 4 is 17.5 Å². The molecule has 2 unspecified atom stereocenters. The number of aromatic nitrogens is 2. The molecule has 2 rings (SSSR count). The zero-order valence-corrected chi connectivity index (χ0v) is 12.2. The van der Waals surface area contributed by atoms with Crippen molar-refractivity contribution < 1.29 is 4.92 Å². The summed E-state index contributed by atoms with van der Waals surface area (Å²) in [5, 5.41) is 14.2. The van der Waals surface area contributed by atoms with Crippen molar-refractivity contribution in [2.75, 3.05) is 30.4 Å². The first-order valence-electron chi connectivity index (χ1n) is 6.99. The van der Waals surface area contributed by atoms with E-state index >= 15 is 0 Å². The Hall–Kier alpha value is -1.92. The number of anilines is 2. The van der Waals surface area contributed by atoms with Crippen molar-refractivity contribution in [2.24, 2.45) is 11.8 Å². The average molecular weight is 279 g/mol. The molecule has 110 valence electrons. The van der Waals surface area contributed by atoms with Crippen LogP contribution in [0.25, 0.3) is 0 Å². The van der Waals surface area contributed by atoms with Gasteiger partial charge in [-0.2, -0.15) is 4.98 Å². The largest absolute Gasteiger partial charge is 0.354 e. The molecule has 1 aliphatic rings. The monoisotopic (exact) mass is 279 g/mol. The third-order valence-electron chi connectivity index (χ3n) is 3.63. The number of nitrogens with zero attached hydrogens (tertiary/aromatic N) is 4. The Bertz CT molecular complexity index is 494. The first-order valence-corrected chi connectivity index (χ1v) is 6.99. The summed E-state index contributed by atoms with van der Waals surface area (Å²) in [7, 11) is 1.85. The third-order valence-corrected chi connectivity index (χ3v) is 3.63. The number of nitro groups is 1. The maximum absolute atomic E-state index is 11.1. The van der Waals surface area contributed by atoms with Gasteiger partial charge in [-0.3, -0.25) is 10.1 Å². The minimum atomic E-state index is -0.425. The van der Waals surface area contributed by atoms with Crippen LogP contribution in [-0.4, -0.2) is 35.0 Å². The van der Waals surface area contributed by atoms with Crippen LogP contribution in [-0.2, 0) is 0 Å². The van der Waals surface area contributed by atoms with Gasteiger partial charge in [-0.25, -0.2) is 4.98 Å². The molecule has 7 heteroatoms. The Labute approximate surface area is 118 Å².